The first-order valence-corrected chi connectivity index (χ1v) is 9.29. The van der Waals surface area contributed by atoms with E-state index in [2.05, 4.69) is 20.8 Å². The lowest BCUT2D eigenvalue weighted by molar-refractivity contribution is 0.0303. The molecule has 0 amide bonds. The van der Waals surface area contributed by atoms with Crippen LogP contribution >= 0.6 is 0 Å². The molecule has 3 unspecified atom stereocenters. The van der Waals surface area contributed by atoms with E-state index in [0.717, 1.165) is 57.8 Å². The Kier molecular flexibility index (Phi) is 14.3. The van der Waals surface area contributed by atoms with E-state index in [1.54, 1.807) is 0 Å². The topological polar surface area (TPSA) is 63.9 Å². The molecule has 4 nitrogen and oxygen atoms in total. The van der Waals surface area contributed by atoms with Crippen molar-refractivity contribution in [3.8, 4) is 0 Å². The van der Waals surface area contributed by atoms with E-state index in [4.69, 9.17) is 0 Å². The third-order valence-corrected chi connectivity index (χ3v) is 4.08. The fourth-order valence-corrected chi connectivity index (χ4v) is 2.71. The van der Waals surface area contributed by atoms with E-state index < -0.39 is 0 Å². The second-order valence-electron chi connectivity index (χ2n) is 6.61. The minimum Gasteiger partial charge on any atom is -0.392 e. The van der Waals surface area contributed by atoms with Crippen molar-refractivity contribution in [1.82, 2.24) is 4.90 Å². The lowest BCUT2D eigenvalue weighted by Gasteiger charge is -2.29. The maximum absolute atomic E-state index is 10.1. The quantitative estimate of drug-likeness (QED) is 0.434. The summed E-state index contributed by atoms with van der Waals surface area (Å²) in [6.45, 7) is 8.00. The summed E-state index contributed by atoms with van der Waals surface area (Å²) < 4.78 is 0. The Balaban J connectivity index is 4.34. The molecular weight excluding hydrogens is 278 g/mol. The van der Waals surface area contributed by atoms with Crippen molar-refractivity contribution < 1.29 is 15.3 Å². The summed E-state index contributed by atoms with van der Waals surface area (Å²) in [5, 5.41) is 30.4. The lowest BCUT2D eigenvalue weighted by atomic mass is 10.1. The highest BCUT2D eigenvalue weighted by atomic mass is 16.3. The number of nitrogens with zero attached hydrogens (tertiary/aromatic N) is 1. The molecule has 22 heavy (non-hydrogen) atoms. The Hall–Kier alpha value is -0.160. The average Bonchev–Trinajstić information content (AvgIpc) is 2.48. The van der Waals surface area contributed by atoms with Crippen molar-refractivity contribution in [2.24, 2.45) is 0 Å². The molecule has 0 aliphatic carbocycles. The number of hydrogen-bond acceptors (Lipinski definition) is 4. The van der Waals surface area contributed by atoms with Crippen LogP contribution in [-0.2, 0) is 0 Å². The summed E-state index contributed by atoms with van der Waals surface area (Å²) in [4.78, 5) is 2.04. The van der Waals surface area contributed by atoms with E-state index in [-0.39, 0.29) is 18.3 Å². The molecule has 0 rings (SSSR count). The minimum atomic E-state index is -0.364. The standard InChI is InChI=1S/C18H39NO3/c1-4-7-10-16(20)13-19(14-17(21)11-8-5-2)15-18(22)12-9-6-3/h16-18,20-22H,4-15H2,1-3H3. The molecule has 0 spiro atoms. The summed E-state index contributed by atoms with van der Waals surface area (Å²) in [6, 6.07) is 0. The fraction of sp³-hybridized carbons (Fsp3) is 1.00. The van der Waals surface area contributed by atoms with E-state index in [9.17, 15) is 15.3 Å². The first-order valence-electron chi connectivity index (χ1n) is 9.29. The summed E-state index contributed by atoms with van der Waals surface area (Å²) in [7, 11) is 0. The number of rotatable bonds is 15. The van der Waals surface area contributed by atoms with Gasteiger partial charge in [0.1, 0.15) is 0 Å². The van der Waals surface area contributed by atoms with Gasteiger partial charge in [0.05, 0.1) is 18.3 Å². The van der Waals surface area contributed by atoms with Gasteiger partial charge in [0.2, 0.25) is 0 Å². The van der Waals surface area contributed by atoms with Crippen LogP contribution in [0.25, 0.3) is 0 Å². The molecule has 0 aromatic carbocycles. The number of aliphatic hydroxyl groups is 3. The summed E-state index contributed by atoms with van der Waals surface area (Å²) in [5.41, 5.74) is 0. The second-order valence-corrected chi connectivity index (χ2v) is 6.61. The van der Waals surface area contributed by atoms with Crippen molar-refractivity contribution in [1.29, 1.82) is 0 Å². The Bertz CT molecular complexity index is 200. The highest BCUT2D eigenvalue weighted by molar-refractivity contribution is 4.72. The van der Waals surface area contributed by atoms with Gasteiger partial charge in [-0.2, -0.15) is 0 Å². The predicted octanol–water partition coefficient (Wildman–Crippen LogP) is 2.94. The summed E-state index contributed by atoms with van der Waals surface area (Å²) in [5.74, 6) is 0. The van der Waals surface area contributed by atoms with Gasteiger partial charge in [-0.3, -0.25) is 4.90 Å². The fourth-order valence-electron chi connectivity index (χ4n) is 2.71. The normalized spacial score (nSPS) is 16.0. The van der Waals surface area contributed by atoms with Gasteiger partial charge in [-0.1, -0.05) is 59.3 Å². The van der Waals surface area contributed by atoms with Crippen LogP contribution in [0.4, 0.5) is 0 Å². The van der Waals surface area contributed by atoms with E-state index in [0.29, 0.717) is 19.6 Å². The van der Waals surface area contributed by atoms with Crippen LogP contribution < -0.4 is 0 Å². The summed E-state index contributed by atoms with van der Waals surface area (Å²) in [6.07, 6.45) is 7.59. The van der Waals surface area contributed by atoms with Crippen LogP contribution in [-0.4, -0.2) is 58.2 Å². The van der Waals surface area contributed by atoms with Gasteiger partial charge >= 0.3 is 0 Å². The van der Waals surface area contributed by atoms with Crippen LogP contribution in [0.2, 0.25) is 0 Å². The molecule has 0 aliphatic heterocycles. The second kappa shape index (κ2) is 14.4. The first kappa shape index (κ1) is 21.8. The molecule has 0 saturated heterocycles. The molecule has 0 saturated carbocycles. The Labute approximate surface area is 137 Å². The zero-order valence-electron chi connectivity index (χ0n) is 15.0. The average molecular weight is 318 g/mol. The zero-order valence-corrected chi connectivity index (χ0v) is 15.0. The molecule has 3 atom stereocenters. The van der Waals surface area contributed by atoms with E-state index in [1.807, 2.05) is 4.90 Å². The number of hydrogen-bond donors (Lipinski definition) is 3. The monoisotopic (exact) mass is 317 g/mol. The third kappa shape index (κ3) is 12.4. The van der Waals surface area contributed by atoms with Crippen molar-refractivity contribution >= 4 is 0 Å². The van der Waals surface area contributed by atoms with Crippen LogP contribution in [0, 0.1) is 0 Å². The number of aliphatic hydroxyl groups excluding tert-OH is 3. The van der Waals surface area contributed by atoms with Gasteiger partial charge in [-0.15, -0.1) is 0 Å². The van der Waals surface area contributed by atoms with Gasteiger partial charge in [-0.05, 0) is 19.3 Å². The van der Waals surface area contributed by atoms with Gasteiger partial charge in [0.15, 0.2) is 0 Å². The van der Waals surface area contributed by atoms with Crippen LogP contribution in [0.5, 0.6) is 0 Å². The zero-order chi connectivity index (χ0) is 16.8. The third-order valence-electron chi connectivity index (χ3n) is 4.08. The molecule has 0 aromatic heterocycles. The Morgan fingerprint density at radius 2 is 0.864 bits per heavy atom. The van der Waals surface area contributed by atoms with E-state index in [1.165, 1.54) is 0 Å². The van der Waals surface area contributed by atoms with Crippen molar-refractivity contribution in [2.45, 2.75) is 96.9 Å². The molecule has 134 valence electrons. The van der Waals surface area contributed by atoms with Crippen molar-refractivity contribution in [3.63, 3.8) is 0 Å². The summed E-state index contributed by atoms with van der Waals surface area (Å²) >= 11 is 0. The first-order chi connectivity index (χ1) is 10.5. The van der Waals surface area contributed by atoms with Gasteiger partial charge in [-0.25, -0.2) is 0 Å². The molecule has 3 N–H and O–H groups in total. The van der Waals surface area contributed by atoms with Gasteiger partial charge in [0.25, 0.3) is 0 Å². The SMILES string of the molecule is CCCCC(O)CN(CC(O)CCCC)CC(O)CCCC. The maximum Gasteiger partial charge on any atom is 0.0667 e. The van der Waals surface area contributed by atoms with Gasteiger partial charge in [0, 0.05) is 19.6 Å². The Morgan fingerprint density at radius 1 is 0.591 bits per heavy atom. The van der Waals surface area contributed by atoms with Crippen molar-refractivity contribution in [3.05, 3.63) is 0 Å². The largest absolute Gasteiger partial charge is 0.392 e. The van der Waals surface area contributed by atoms with Gasteiger partial charge < -0.3 is 15.3 Å². The minimum absolute atomic E-state index is 0.364. The predicted molar refractivity (Wildman–Crippen MR) is 93.0 cm³/mol. The van der Waals surface area contributed by atoms with Crippen molar-refractivity contribution in [2.75, 3.05) is 19.6 Å². The highest BCUT2D eigenvalue weighted by Crippen LogP contribution is 2.09. The Morgan fingerprint density at radius 3 is 1.09 bits per heavy atom. The maximum atomic E-state index is 10.1. The lowest BCUT2D eigenvalue weighted by Crippen LogP contribution is -2.42. The molecule has 0 aliphatic rings. The molecule has 0 bridgehead atoms. The smallest absolute Gasteiger partial charge is 0.0667 e. The molecule has 0 aromatic rings. The van der Waals surface area contributed by atoms with Crippen LogP contribution in [0.15, 0.2) is 0 Å². The highest BCUT2D eigenvalue weighted by Gasteiger charge is 2.18. The molecule has 0 radical (unpaired) electrons. The molecule has 0 fully saturated rings. The molecular formula is C18H39NO3. The molecule has 4 heteroatoms. The molecule has 0 heterocycles. The van der Waals surface area contributed by atoms with E-state index >= 15 is 0 Å². The van der Waals surface area contributed by atoms with Crippen LogP contribution in [0.1, 0.15) is 78.6 Å². The number of unbranched alkanes of at least 4 members (excludes halogenated alkanes) is 3. The van der Waals surface area contributed by atoms with Crippen LogP contribution in [0.3, 0.4) is 0 Å².